The molecule has 6 nitrogen and oxygen atoms in total. The fraction of sp³-hybridized carbons (Fsp3) is 0.214. The van der Waals surface area contributed by atoms with Crippen molar-refractivity contribution >= 4 is 17.2 Å². The third-order valence-electron chi connectivity index (χ3n) is 3.09. The number of nitrogens with one attached hydrogen (secondary N) is 1. The molecule has 1 N–H and O–H groups in total. The largest absolute Gasteiger partial charge is 0.361 e. The first-order valence-electron chi connectivity index (χ1n) is 6.47. The van der Waals surface area contributed by atoms with E-state index in [0.717, 1.165) is 5.56 Å². The van der Waals surface area contributed by atoms with Gasteiger partial charge in [0, 0.05) is 25.0 Å². The fourth-order valence-electron chi connectivity index (χ4n) is 2.05. The lowest BCUT2D eigenvalue weighted by Gasteiger charge is -2.17. The van der Waals surface area contributed by atoms with Crippen LogP contribution in [0.3, 0.4) is 0 Å². The Morgan fingerprint density at radius 3 is 3.10 bits per heavy atom. The van der Waals surface area contributed by atoms with E-state index >= 15 is 0 Å². The molecule has 21 heavy (non-hydrogen) atoms. The average molecular weight is 302 g/mol. The smallest absolute Gasteiger partial charge is 0.273 e. The van der Waals surface area contributed by atoms with Crippen molar-refractivity contribution in [1.82, 2.24) is 20.3 Å². The highest BCUT2D eigenvalue weighted by atomic mass is 32.1. The number of amides is 1. The third kappa shape index (κ3) is 3.03. The van der Waals surface area contributed by atoms with Gasteiger partial charge in [0.2, 0.25) is 0 Å². The number of aromatic nitrogens is 3. The Kier molecular flexibility index (Phi) is 3.83. The van der Waals surface area contributed by atoms with Crippen LogP contribution in [0.2, 0.25) is 0 Å². The molecule has 0 aromatic carbocycles. The van der Waals surface area contributed by atoms with E-state index in [1.807, 2.05) is 28.4 Å². The minimum Gasteiger partial charge on any atom is -0.361 e. The molecule has 3 heterocycles. The topological polar surface area (TPSA) is 73.0 Å². The van der Waals surface area contributed by atoms with Crippen molar-refractivity contribution in [2.75, 3.05) is 6.54 Å². The van der Waals surface area contributed by atoms with Gasteiger partial charge in [0.05, 0.1) is 6.04 Å². The second-order valence-electron chi connectivity index (χ2n) is 4.59. The van der Waals surface area contributed by atoms with E-state index in [0.29, 0.717) is 12.3 Å². The van der Waals surface area contributed by atoms with Gasteiger partial charge in [0.1, 0.15) is 5.76 Å². The molecule has 0 saturated heterocycles. The molecule has 0 spiro atoms. The number of carbonyl (C=O) groups excluding carboxylic acids is 1. The molecule has 3 rings (SSSR count). The normalized spacial score (nSPS) is 12.2. The molecule has 7 heteroatoms. The molecule has 3 aromatic heterocycles. The van der Waals surface area contributed by atoms with Crippen LogP contribution in [-0.2, 0) is 0 Å². The summed E-state index contributed by atoms with van der Waals surface area (Å²) >= 11 is 1.62. The minimum absolute atomic E-state index is 0.0387. The second kappa shape index (κ2) is 5.92. The molecule has 0 radical (unpaired) electrons. The number of hydrogen-bond donors (Lipinski definition) is 1. The van der Waals surface area contributed by atoms with Crippen molar-refractivity contribution in [2.45, 2.75) is 13.0 Å². The van der Waals surface area contributed by atoms with Crippen molar-refractivity contribution in [2.24, 2.45) is 0 Å². The molecule has 0 aliphatic heterocycles. The van der Waals surface area contributed by atoms with Crippen molar-refractivity contribution < 1.29 is 9.32 Å². The average Bonchev–Trinajstić information content (AvgIpc) is 3.21. The summed E-state index contributed by atoms with van der Waals surface area (Å²) in [7, 11) is 0. The molecule has 1 amide bonds. The van der Waals surface area contributed by atoms with Crippen molar-refractivity contribution in [3.8, 4) is 0 Å². The Morgan fingerprint density at radius 1 is 1.57 bits per heavy atom. The molecule has 0 fully saturated rings. The number of thiophene rings is 1. The van der Waals surface area contributed by atoms with Crippen LogP contribution >= 0.6 is 11.3 Å². The van der Waals surface area contributed by atoms with Gasteiger partial charge in [-0.1, -0.05) is 5.16 Å². The first-order valence-corrected chi connectivity index (χ1v) is 7.41. The van der Waals surface area contributed by atoms with E-state index in [2.05, 4.69) is 21.0 Å². The lowest BCUT2D eigenvalue weighted by molar-refractivity contribution is 0.0940. The van der Waals surface area contributed by atoms with E-state index in [-0.39, 0.29) is 17.6 Å². The number of carbonyl (C=O) groups is 1. The molecular formula is C14H14N4O2S. The third-order valence-corrected chi connectivity index (χ3v) is 3.79. The summed E-state index contributed by atoms with van der Waals surface area (Å²) in [4.78, 5) is 12.0. The molecule has 0 bridgehead atoms. The quantitative estimate of drug-likeness (QED) is 0.784. The van der Waals surface area contributed by atoms with Crippen LogP contribution in [0.1, 0.15) is 27.9 Å². The lowest BCUT2D eigenvalue weighted by atomic mass is 10.1. The maximum atomic E-state index is 12.0. The fourth-order valence-corrected chi connectivity index (χ4v) is 2.75. The van der Waals surface area contributed by atoms with E-state index in [1.54, 1.807) is 30.5 Å². The van der Waals surface area contributed by atoms with Gasteiger partial charge in [0.15, 0.2) is 5.69 Å². The summed E-state index contributed by atoms with van der Waals surface area (Å²) in [6, 6.07) is 5.47. The SMILES string of the molecule is Cc1cc(C(=O)NCC(c2ccsc2)n2cccn2)no1. The Morgan fingerprint density at radius 2 is 2.48 bits per heavy atom. The van der Waals surface area contributed by atoms with Crippen LogP contribution in [0.5, 0.6) is 0 Å². The zero-order valence-electron chi connectivity index (χ0n) is 11.4. The van der Waals surface area contributed by atoms with Crippen LogP contribution < -0.4 is 5.32 Å². The zero-order chi connectivity index (χ0) is 14.7. The summed E-state index contributed by atoms with van der Waals surface area (Å²) in [5, 5.41) is 14.9. The van der Waals surface area contributed by atoms with Crippen LogP contribution in [0, 0.1) is 6.92 Å². The standard InChI is InChI=1S/C14H14N4O2S/c1-10-7-12(17-20-10)14(19)15-8-13(11-3-6-21-9-11)18-5-2-4-16-18/h2-7,9,13H,8H2,1H3,(H,15,19). The van der Waals surface area contributed by atoms with E-state index in [4.69, 9.17) is 4.52 Å². The minimum atomic E-state index is -0.251. The lowest BCUT2D eigenvalue weighted by Crippen LogP contribution is -2.31. The first-order chi connectivity index (χ1) is 10.2. The predicted molar refractivity (Wildman–Crippen MR) is 78.3 cm³/mol. The van der Waals surface area contributed by atoms with Gasteiger partial charge < -0.3 is 9.84 Å². The second-order valence-corrected chi connectivity index (χ2v) is 5.37. The summed E-state index contributed by atoms with van der Waals surface area (Å²) in [5.74, 6) is 0.362. The Balaban J connectivity index is 1.72. The van der Waals surface area contributed by atoms with Gasteiger partial charge in [-0.15, -0.1) is 0 Å². The Bertz CT molecular complexity index is 669. The summed E-state index contributed by atoms with van der Waals surface area (Å²) in [5.41, 5.74) is 1.40. The van der Waals surface area contributed by atoms with Crippen molar-refractivity contribution in [1.29, 1.82) is 0 Å². The van der Waals surface area contributed by atoms with Crippen LogP contribution in [0.15, 0.2) is 45.9 Å². The van der Waals surface area contributed by atoms with E-state index in [9.17, 15) is 4.79 Å². The first kappa shape index (κ1) is 13.6. The Labute approximate surface area is 125 Å². The summed E-state index contributed by atoms with van der Waals surface area (Å²) in [6.45, 7) is 2.19. The van der Waals surface area contributed by atoms with Crippen LogP contribution in [-0.4, -0.2) is 27.4 Å². The van der Waals surface area contributed by atoms with Gasteiger partial charge in [0.25, 0.3) is 5.91 Å². The molecule has 0 aliphatic rings. The number of aryl methyl sites for hydroxylation is 1. The maximum absolute atomic E-state index is 12.0. The predicted octanol–water partition coefficient (Wildman–Crippen LogP) is 2.26. The van der Waals surface area contributed by atoms with Crippen molar-refractivity contribution in [3.63, 3.8) is 0 Å². The van der Waals surface area contributed by atoms with Gasteiger partial charge in [-0.25, -0.2) is 0 Å². The number of rotatable bonds is 5. The van der Waals surface area contributed by atoms with E-state index < -0.39 is 0 Å². The van der Waals surface area contributed by atoms with Crippen LogP contribution in [0.4, 0.5) is 0 Å². The molecule has 3 aromatic rings. The van der Waals surface area contributed by atoms with Gasteiger partial charge in [-0.2, -0.15) is 16.4 Å². The number of hydrogen-bond acceptors (Lipinski definition) is 5. The van der Waals surface area contributed by atoms with Crippen molar-refractivity contribution in [3.05, 3.63) is 58.4 Å². The highest BCUT2D eigenvalue weighted by Gasteiger charge is 2.17. The molecule has 0 saturated carbocycles. The molecular weight excluding hydrogens is 288 g/mol. The van der Waals surface area contributed by atoms with Gasteiger partial charge >= 0.3 is 0 Å². The highest BCUT2D eigenvalue weighted by molar-refractivity contribution is 7.07. The maximum Gasteiger partial charge on any atom is 0.273 e. The molecule has 1 atom stereocenters. The molecule has 1 unspecified atom stereocenters. The van der Waals surface area contributed by atoms with Crippen LogP contribution in [0.25, 0.3) is 0 Å². The van der Waals surface area contributed by atoms with E-state index in [1.165, 1.54) is 0 Å². The molecule has 108 valence electrons. The number of nitrogens with zero attached hydrogens (tertiary/aromatic N) is 3. The highest BCUT2D eigenvalue weighted by Crippen LogP contribution is 2.19. The van der Waals surface area contributed by atoms with Gasteiger partial charge in [-0.05, 0) is 35.4 Å². The van der Waals surface area contributed by atoms with Gasteiger partial charge in [-0.3, -0.25) is 9.48 Å². The summed E-state index contributed by atoms with van der Waals surface area (Å²) in [6.07, 6.45) is 3.61. The zero-order valence-corrected chi connectivity index (χ0v) is 12.2. The Hall–Kier alpha value is -2.41. The molecule has 0 aliphatic carbocycles. The monoisotopic (exact) mass is 302 g/mol. The summed E-state index contributed by atoms with van der Waals surface area (Å²) < 4.78 is 6.74.